The van der Waals surface area contributed by atoms with E-state index in [0.717, 1.165) is 0 Å². The minimum atomic E-state index is 0.379. The number of rotatable bonds is 0. The number of aromatic amines is 1. The molecule has 0 radical (unpaired) electrons. The van der Waals surface area contributed by atoms with E-state index < -0.39 is 0 Å². The van der Waals surface area contributed by atoms with Gasteiger partial charge in [-0.3, -0.25) is 4.90 Å². The molecular formula is C17H22N2. The zero-order chi connectivity index (χ0) is 13.2. The molecule has 100 valence electrons. The first-order chi connectivity index (χ1) is 9.08. The molecule has 0 saturated carbocycles. The van der Waals surface area contributed by atoms with Gasteiger partial charge in [0.25, 0.3) is 0 Å². The first kappa shape index (κ1) is 11.5. The Hall–Kier alpha value is -1.28. The van der Waals surface area contributed by atoms with Crippen molar-refractivity contribution in [2.45, 2.75) is 45.7 Å². The molecular weight excluding hydrogens is 232 g/mol. The molecule has 1 saturated heterocycles. The highest BCUT2D eigenvalue weighted by Gasteiger charge is 2.47. The van der Waals surface area contributed by atoms with Crippen LogP contribution in [-0.2, 0) is 6.42 Å². The van der Waals surface area contributed by atoms with Gasteiger partial charge < -0.3 is 4.98 Å². The second-order valence-electron chi connectivity index (χ2n) is 6.99. The lowest BCUT2D eigenvalue weighted by Crippen LogP contribution is -2.41. The molecule has 1 aromatic heterocycles. The Kier molecular flexibility index (Phi) is 2.21. The summed E-state index contributed by atoms with van der Waals surface area (Å²) in [5, 5.41) is 1.44. The number of hydrogen-bond donors (Lipinski definition) is 1. The van der Waals surface area contributed by atoms with Crippen molar-refractivity contribution in [3.63, 3.8) is 0 Å². The average Bonchev–Trinajstić information content (AvgIpc) is 2.88. The number of fused-ring (bicyclic) bond motifs is 5. The summed E-state index contributed by atoms with van der Waals surface area (Å²) >= 11 is 0. The van der Waals surface area contributed by atoms with Crippen LogP contribution < -0.4 is 0 Å². The van der Waals surface area contributed by atoms with Crippen molar-refractivity contribution < 1.29 is 0 Å². The summed E-state index contributed by atoms with van der Waals surface area (Å²) in [5.41, 5.74) is 4.75. The fraction of sp³-hybridized carbons (Fsp3) is 0.529. The molecule has 2 aromatic rings. The Morgan fingerprint density at radius 2 is 2.05 bits per heavy atom. The predicted octanol–water partition coefficient (Wildman–Crippen LogP) is 3.89. The molecule has 0 aliphatic carbocycles. The van der Waals surface area contributed by atoms with Crippen molar-refractivity contribution in [2.24, 2.45) is 5.41 Å². The normalized spacial score (nSPS) is 29.4. The third-order valence-corrected chi connectivity index (χ3v) is 5.27. The van der Waals surface area contributed by atoms with E-state index in [2.05, 4.69) is 54.9 Å². The monoisotopic (exact) mass is 254 g/mol. The smallest absolute Gasteiger partial charge is 0.0555 e. The maximum atomic E-state index is 3.72. The fourth-order valence-corrected chi connectivity index (χ4v) is 4.25. The summed E-state index contributed by atoms with van der Waals surface area (Å²) in [5.74, 6) is 0. The summed E-state index contributed by atoms with van der Waals surface area (Å²) in [7, 11) is 0. The molecule has 1 aromatic carbocycles. The van der Waals surface area contributed by atoms with Crippen LogP contribution in [0, 0.1) is 5.41 Å². The molecule has 1 N–H and O–H groups in total. The van der Waals surface area contributed by atoms with Crippen LogP contribution in [0.2, 0.25) is 0 Å². The molecule has 0 bridgehead atoms. The van der Waals surface area contributed by atoms with Crippen LogP contribution in [0.3, 0.4) is 0 Å². The zero-order valence-corrected chi connectivity index (χ0v) is 12.0. The Morgan fingerprint density at radius 1 is 1.26 bits per heavy atom. The van der Waals surface area contributed by atoms with Gasteiger partial charge in [0.1, 0.15) is 0 Å². The van der Waals surface area contributed by atoms with Crippen LogP contribution in [0.5, 0.6) is 0 Å². The van der Waals surface area contributed by atoms with Gasteiger partial charge in [0, 0.05) is 22.6 Å². The van der Waals surface area contributed by atoms with Gasteiger partial charge in [0.05, 0.1) is 6.04 Å². The zero-order valence-electron chi connectivity index (χ0n) is 12.0. The average molecular weight is 254 g/mol. The Balaban J connectivity index is 1.98. The van der Waals surface area contributed by atoms with Crippen LogP contribution >= 0.6 is 0 Å². The molecule has 3 heterocycles. The van der Waals surface area contributed by atoms with E-state index in [-0.39, 0.29) is 0 Å². The van der Waals surface area contributed by atoms with Gasteiger partial charge in [-0.15, -0.1) is 0 Å². The van der Waals surface area contributed by atoms with Gasteiger partial charge in [0.2, 0.25) is 0 Å². The highest BCUT2D eigenvalue weighted by Crippen LogP contribution is 2.51. The molecule has 2 aliphatic heterocycles. The Morgan fingerprint density at radius 3 is 2.89 bits per heavy atom. The number of hydrogen-bond acceptors (Lipinski definition) is 1. The van der Waals surface area contributed by atoms with Gasteiger partial charge >= 0.3 is 0 Å². The molecule has 2 atom stereocenters. The number of nitrogens with zero attached hydrogens (tertiary/aromatic N) is 1. The first-order valence-corrected chi connectivity index (χ1v) is 7.43. The van der Waals surface area contributed by atoms with Crippen LogP contribution in [0.15, 0.2) is 24.3 Å². The number of nitrogens with one attached hydrogen (secondary N) is 1. The van der Waals surface area contributed by atoms with Crippen molar-refractivity contribution in [2.75, 3.05) is 6.54 Å². The molecule has 2 nitrogen and oxygen atoms in total. The van der Waals surface area contributed by atoms with Gasteiger partial charge in [-0.05, 0) is 43.4 Å². The highest BCUT2D eigenvalue weighted by atomic mass is 15.2. The Bertz CT molecular complexity index is 638. The number of H-pyrrole nitrogens is 1. The van der Waals surface area contributed by atoms with Crippen molar-refractivity contribution in [1.29, 1.82) is 0 Å². The van der Waals surface area contributed by atoms with Crippen molar-refractivity contribution in [3.8, 4) is 0 Å². The van der Waals surface area contributed by atoms with E-state index in [0.29, 0.717) is 17.5 Å². The molecule has 2 unspecified atom stereocenters. The molecule has 4 rings (SSSR count). The first-order valence-electron chi connectivity index (χ1n) is 7.43. The van der Waals surface area contributed by atoms with Crippen LogP contribution in [-0.4, -0.2) is 22.5 Å². The van der Waals surface area contributed by atoms with E-state index in [1.54, 1.807) is 5.56 Å². The standard InChI is InChI=1S/C17H22N2/c1-11-10-13-12-6-4-5-7-14(12)18-15(13)16-17(2,3)8-9-19(11)16/h4-7,11,16,18H,8-10H2,1-3H3. The third kappa shape index (κ3) is 1.47. The summed E-state index contributed by atoms with van der Waals surface area (Å²) < 4.78 is 0. The molecule has 19 heavy (non-hydrogen) atoms. The van der Waals surface area contributed by atoms with E-state index in [4.69, 9.17) is 0 Å². The topological polar surface area (TPSA) is 19.0 Å². The third-order valence-electron chi connectivity index (χ3n) is 5.27. The lowest BCUT2D eigenvalue weighted by molar-refractivity contribution is 0.122. The lowest BCUT2D eigenvalue weighted by Gasteiger charge is -2.40. The predicted molar refractivity (Wildman–Crippen MR) is 79.3 cm³/mol. The van der Waals surface area contributed by atoms with Gasteiger partial charge in [0.15, 0.2) is 0 Å². The summed E-state index contributed by atoms with van der Waals surface area (Å²) in [6, 6.07) is 10.0. The van der Waals surface area contributed by atoms with Crippen molar-refractivity contribution >= 4 is 10.9 Å². The SMILES string of the molecule is CC1Cc2c([nH]c3ccccc23)C2N1CCC2(C)C. The van der Waals surface area contributed by atoms with Crippen molar-refractivity contribution in [1.82, 2.24) is 9.88 Å². The second kappa shape index (κ2) is 3.63. The summed E-state index contributed by atoms with van der Waals surface area (Å²) in [6.07, 6.45) is 2.49. The minimum absolute atomic E-state index is 0.379. The number of aromatic nitrogens is 1. The molecule has 1 fully saturated rings. The van der Waals surface area contributed by atoms with E-state index in [1.807, 2.05) is 0 Å². The number of benzene rings is 1. The van der Waals surface area contributed by atoms with Gasteiger partial charge in [-0.1, -0.05) is 32.0 Å². The molecule has 2 aliphatic rings. The van der Waals surface area contributed by atoms with E-state index in [9.17, 15) is 0 Å². The molecule has 0 spiro atoms. The second-order valence-corrected chi connectivity index (χ2v) is 6.99. The van der Waals surface area contributed by atoms with Crippen LogP contribution in [0.1, 0.15) is 44.5 Å². The maximum absolute atomic E-state index is 3.72. The van der Waals surface area contributed by atoms with E-state index in [1.165, 1.54) is 36.0 Å². The highest BCUT2D eigenvalue weighted by molar-refractivity contribution is 5.85. The minimum Gasteiger partial charge on any atom is -0.357 e. The largest absolute Gasteiger partial charge is 0.357 e. The number of para-hydroxylation sites is 1. The van der Waals surface area contributed by atoms with Gasteiger partial charge in [-0.2, -0.15) is 0 Å². The fourth-order valence-electron chi connectivity index (χ4n) is 4.25. The Labute approximate surface area is 114 Å². The van der Waals surface area contributed by atoms with E-state index >= 15 is 0 Å². The van der Waals surface area contributed by atoms with Crippen molar-refractivity contribution in [3.05, 3.63) is 35.5 Å². The molecule has 2 heteroatoms. The van der Waals surface area contributed by atoms with Crippen LogP contribution in [0.25, 0.3) is 10.9 Å². The van der Waals surface area contributed by atoms with Gasteiger partial charge in [-0.25, -0.2) is 0 Å². The quantitative estimate of drug-likeness (QED) is 0.756. The molecule has 0 amide bonds. The summed E-state index contributed by atoms with van der Waals surface area (Å²) in [6.45, 7) is 8.47. The van der Waals surface area contributed by atoms with Crippen LogP contribution in [0.4, 0.5) is 0 Å². The summed E-state index contributed by atoms with van der Waals surface area (Å²) in [4.78, 5) is 6.43. The maximum Gasteiger partial charge on any atom is 0.0555 e. The lowest BCUT2D eigenvalue weighted by atomic mass is 9.79.